The minimum atomic E-state index is -1.74. The Morgan fingerprint density at radius 1 is 0.815 bits per heavy atom. The summed E-state index contributed by atoms with van der Waals surface area (Å²) in [6, 6.07) is 0.949. The second-order valence-electron chi connectivity index (χ2n) is 7.13. The molecule has 0 spiro atoms. The molecular weight excluding hydrogens is 366 g/mol. The molecule has 0 radical (unpaired) electrons. The Morgan fingerprint density at radius 2 is 1.48 bits per heavy atom. The summed E-state index contributed by atoms with van der Waals surface area (Å²) in [5.41, 5.74) is -1.37. The number of rotatable bonds is 5. The molecule has 1 aliphatic rings. The third-order valence-corrected chi connectivity index (χ3v) is 5.31. The van der Waals surface area contributed by atoms with E-state index in [9.17, 15) is 26.3 Å². The Bertz CT molecular complexity index is 835. The summed E-state index contributed by atoms with van der Waals surface area (Å²) in [6.07, 6.45) is 5.06. The van der Waals surface area contributed by atoms with Crippen molar-refractivity contribution in [3.8, 4) is 11.1 Å². The molecule has 0 nitrogen and oxygen atoms in total. The van der Waals surface area contributed by atoms with E-state index in [1.165, 1.54) is 0 Å². The molecule has 2 aromatic rings. The van der Waals surface area contributed by atoms with Crippen LogP contribution in [0.25, 0.3) is 11.1 Å². The largest absolute Gasteiger partial charge is 0.206 e. The highest BCUT2D eigenvalue weighted by Crippen LogP contribution is 2.39. The number of fused-ring (bicyclic) bond motifs is 1. The fourth-order valence-corrected chi connectivity index (χ4v) is 3.85. The molecular formula is C21H20F6. The molecule has 27 heavy (non-hydrogen) atoms. The monoisotopic (exact) mass is 386 g/mol. The summed E-state index contributed by atoms with van der Waals surface area (Å²) in [4.78, 5) is 0. The topological polar surface area (TPSA) is 0 Å². The van der Waals surface area contributed by atoms with Gasteiger partial charge in [-0.05, 0) is 54.0 Å². The van der Waals surface area contributed by atoms with E-state index in [2.05, 4.69) is 6.92 Å². The minimum Gasteiger partial charge on any atom is -0.206 e. The predicted molar refractivity (Wildman–Crippen MR) is 91.3 cm³/mol. The van der Waals surface area contributed by atoms with Gasteiger partial charge in [0.1, 0.15) is 5.82 Å². The fraction of sp³-hybridized carbons (Fsp3) is 0.429. The van der Waals surface area contributed by atoms with Crippen molar-refractivity contribution in [3.05, 3.63) is 58.2 Å². The van der Waals surface area contributed by atoms with Gasteiger partial charge in [-0.15, -0.1) is 0 Å². The summed E-state index contributed by atoms with van der Waals surface area (Å²) in [5.74, 6) is -8.47. The number of benzene rings is 2. The van der Waals surface area contributed by atoms with Gasteiger partial charge in [-0.25, -0.2) is 26.3 Å². The lowest BCUT2D eigenvalue weighted by molar-refractivity contribution is 0.382. The van der Waals surface area contributed by atoms with Crippen molar-refractivity contribution in [1.82, 2.24) is 0 Å². The van der Waals surface area contributed by atoms with Crippen molar-refractivity contribution in [2.45, 2.75) is 51.9 Å². The molecule has 0 saturated heterocycles. The molecule has 146 valence electrons. The van der Waals surface area contributed by atoms with Crippen LogP contribution in [0.2, 0.25) is 0 Å². The normalized spacial score (nSPS) is 16.5. The molecule has 0 heterocycles. The molecule has 0 aliphatic heterocycles. The summed E-state index contributed by atoms with van der Waals surface area (Å²) in [5, 5.41) is 0. The maximum absolute atomic E-state index is 14.9. The van der Waals surface area contributed by atoms with Crippen molar-refractivity contribution in [3.63, 3.8) is 0 Å². The van der Waals surface area contributed by atoms with Crippen molar-refractivity contribution >= 4 is 0 Å². The lowest BCUT2D eigenvalue weighted by atomic mass is 9.79. The van der Waals surface area contributed by atoms with Crippen LogP contribution in [0.1, 0.15) is 50.2 Å². The molecule has 2 aromatic carbocycles. The molecule has 0 amide bonds. The highest BCUT2D eigenvalue weighted by Gasteiger charge is 2.31. The van der Waals surface area contributed by atoms with E-state index in [4.69, 9.17) is 0 Å². The molecule has 1 atom stereocenters. The van der Waals surface area contributed by atoms with Crippen LogP contribution in [-0.2, 0) is 12.8 Å². The molecule has 1 aliphatic carbocycles. The third kappa shape index (κ3) is 3.71. The van der Waals surface area contributed by atoms with Crippen LogP contribution in [0.3, 0.4) is 0 Å². The van der Waals surface area contributed by atoms with Gasteiger partial charge in [0.15, 0.2) is 29.1 Å². The van der Waals surface area contributed by atoms with Gasteiger partial charge in [-0.3, -0.25) is 0 Å². The van der Waals surface area contributed by atoms with E-state index in [1.54, 1.807) is 0 Å². The molecule has 0 bridgehead atoms. The zero-order valence-corrected chi connectivity index (χ0v) is 14.9. The van der Waals surface area contributed by atoms with Gasteiger partial charge < -0.3 is 0 Å². The van der Waals surface area contributed by atoms with Gasteiger partial charge in [0, 0.05) is 0 Å². The van der Waals surface area contributed by atoms with Gasteiger partial charge in [0.25, 0.3) is 0 Å². The first-order valence-corrected chi connectivity index (χ1v) is 9.18. The second kappa shape index (κ2) is 7.95. The van der Waals surface area contributed by atoms with Crippen LogP contribution in [0.5, 0.6) is 0 Å². The van der Waals surface area contributed by atoms with Crippen molar-refractivity contribution in [1.29, 1.82) is 0 Å². The Kier molecular flexibility index (Phi) is 5.82. The second-order valence-corrected chi connectivity index (χ2v) is 7.13. The van der Waals surface area contributed by atoms with Gasteiger partial charge in [0.2, 0.25) is 0 Å². The van der Waals surface area contributed by atoms with Crippen LogP contribution in [0.4, 0.5) is 26.3 Å². The Hall–Kier alpha value is -1.98. The van der Waals surface area contributed by atoms with E-state index >= 15 is 0 Å². The number of halogens is 6. The van der Waals surface area contributed by atoms with Crippen LogP contribution in [0.15, 0.2) is 12.1 Å². The van der Waals surface area contributed by atoms with E-state index < -0.39 is 46.0 Å². The minimum absolute atomic E-state index is 0.00422. The van der Waals surface area contributed by atoms with Gasteiger partial charge >= 0.3 is 0 Å². The zero-order valence-electron chi connectivity index (χ0n) is 14.9. The Labute approximate surface area is 154 Å². The Balaban J connectivity index is 2.02. The summed E-state index contributed by atoms with van der Waals surface area (Å²) in [7, 11) is 0. The molecule has 1 unspecified atom stereocenters. The smallest absolute Gasteiger partial charge is 0.194 e. The van der Waals surface area contributed by atoms with Crippen molar-refractivity contribution in [2.75, 3.05) is 0 Å². The average molecular weight is 386 g/mol. The van der Waals surface area contributed by atoms with Crippen molar-refractivity contribution < 1.29 is 26.3 Å². The SMILES string of the molecule is CCCCCC1CCc2c(F)c(-c3cc(F)c(F)c(F)c3)c(F)c(F)c2C1. The zero-order chi connectivity index (χ0) is 19.7. The fourth-order valence-electron chi connectivity index (χ4n) is 3.85. The lowest BCUT2D eigenvalue weighted by Gasteiger charge is -2.27. The van der Waals surface area contributed by atoms with E-state index in [1.807, 2.05) is 0 Å². The van der Waals surface area contributed by atoms with Crippen LogP contribution < -0.4 is 0 Å². The molecule has 0 saturated carbocycles. The molecule has 0 N–H and O–H groups in total. The van der Waals surface area contributed by atoms with Gasteiger partial charge in [-0.2, -0.15) is 0 Å². The van der Waals surface area contributed by atoms with E-state index in [0.29, 0.717) is 18.6 Å². The molecule has 0 fully saturated rings. The average Bonchev–Trinajstić information content (AvgIpc) is 2.64. The van der Waals surface area contributed by atoms with E-state index in [0.717, 1.165) is 25.7 Å². The number of hydrogen-bond acceptors (Lipinski definition) is 0. The van der Waals surface area contributed by atoms with Crippen LogP contribution >= 0.6 is 0 Å². The quantitative estimate of drug-likeness (QED) is 0.228. The maximum Gasteiger partial charge on any atom is 0.194 e. The predicted octanol–water partition coefficient (Wildman–Crippen LogP) is 6.87. The first kappa shape index (κ1) is 19.8. The standard InChI is InChI=1S/C21H20F6/c1-2-3-4-5-11-6-7-13-14(8-11)19(25)21(27)17(18(13)24)12-9-15(22)20(26)16(23)10-12/h9-11H,2-8H2,1H3. The highest BCUT2D eigenvalue weighted by atomic mass is 19.2. The molecule has 3 rings (SSSR count). The third-order valence-electron chi connectivity index (χ3n) is 5.31. The highest BCUT2D eigenvalue weighted by molar-refractivity contribution is 5.67. The first-order valence-electron chi connectivity index (χ1n) is 9.18. The lowest BCUT2D eigenvalue weighted by Crippen LogP contribution is -2.19. The van der Waals surface area contributed by atoms with Crippen LogP contribution in [-0.4, -0.2) is 0 Å². The van der Waals surface area contributed by atoms with Crippen molar-refractivity contribution in [2.24, 2.45) is 5.92 Å². The molecule has 0 aromatic heterocycles. The first-order chi connectivity index (χ1) is 12.8. The summed E-state index contributed by atoms with van der Waals surface area (Å²) >= 11 is 0. The maximum atomic E-state index is 14.9. The number of hydrogen-bond donors (Lipinski definition) is 0. The molecule has 6 heteroatoms. The van der Waals surface area contributed by atoms with Gasteiger partial charge in [0.05, 0.1) is 5.56 Å². The van der Waals surface area contributed by atoms with E-state index in [-0.39, 0.29) is 29.9 Å². The number of unbranched alkanes of at least 4 members (excludes halogenated alkanes) is 2. The van der Waals surface area contributed by atoms with Gasteiger partial charge in [-0.1, -0.05) is 32.6 Å². The summed E-state index contributed by atoms with van der Waals surface area (Å²) in [6.45, 7) is 2.07. The summed E-state index contributed by atoms with van der Waals surface area (Å²) < 4.78 is 84.2. The Morgan fingerprint density at radius 3 is 2.11 bits per heavy atom. The van der Waals surface area contributed by atoms with Crippen LogP contribution in [0, 0.1) is 40.8 Å².